The SMILES string of the molecule is CCOc1cccc2[nH]c(C(=O)N(CCOC)Cc3nn[nH]n3)cc12. The van der Waals surface area contributed by atoms with Crippen molar-refractivity contribution in [1.29, 1.82) is 0 Å². The number of carbonyl (C=O) groups is 1. The summed E-state index contributed by atoms with van der Waals surface area (Å²) in [5, 5.41) is 14.6. The van der Waals surface area contributed by atoms with E-state index in [1.165, 1.54) is 0 Å². The van der Waals surface area contributed by atoms with E-state index in [4.69, 9.17) is 9.47 Å². The Morgan fingerprint density at radius 1 is 1.36 bits per heavy atom. The molecule has 0 radical (unpaired) electrons. The molecular weight excluding hydrogens is 324 g/mol. The van der Waals surface area contributed by atoms with Crippen molar-refractivity contribution in [3.8, 4) is 5.75 Å². The predicted molar refractivity (Wildman–Crippen MR) is 90.3 cm³/mol. The lowest BCUT2D eigenvalue weighted by Gasteiger charge is -2.19. The molecular formula is C16H20N6O3. The van der Waals surface area contributed by atoms with Crippen molar-refractivity contribution in [3.05, 3.63) is 35.8 Å². The Kier molecular flexibility index (Phi) is 5.24. The fourth-order valence-corrected chi connectivity index (χ4v) is 2.57. The fraction of sp³-hybridized carbons (Fsp3) is 0.375. The highest BCUT2D eigenvalue weighted by atomic mass is 16.5. The number of aromatic amines is 2. The average molecular weight is 344 g/mol. The summed E-state index contributed by atoms with van der Waals surface area (Å²) in [6.07, 6.45) is 0. The Hall–Kier alpha value is -2.94. The molecule has 9 heteroatoms. The van der Waals surface area contributed by atoms with Crippen LogP contribution in [0.3, 0.4) is 0 Å². The topological polar surface area (TPSA) is 109 Å². The highest BCUT2D eigenvalue weighted by Gasteiger charge is 2.20. The number of rotatable bonds is 8. The van der Waals surface area contributed by atoms with Gasteiger partial charge >= 0.3 is 0 Å². The number of aromatic nitrogens is 5. The minimum atomic E-state index is -0.166. The average Bonchev–Trinajstić information content (AvgIpc) is 3.28. The molecule has 132 valence electrons. The highest BCUT2D eigenvalue weighted by molar-refractivity contribution is 5.99. The first-order valence-corrected chi connectivity index (χ1v) is 7.98. The Morgan fingerprint density at radius 3 is 2.96 bits per heavy atom. The van der Waals surface area contributed by atoms with Crippen LogP contribution in [0.25, 0.3) is 10.9 Å². The summed E-state index contributed by atoms with van der Waals surface area (Å²) in [6, 6.07) is 7.49. The molecule has 3 aromatic rings. The Bertz CT molecular complexity index is 830. The van der Waals surface area contributed by atoms with Crippen LogP contribution in [0, 0.1) is 0 Å². The molecule has 9 nitrogen and oxygen atoms in total. The smallest absolute Gasteiger partial charge is 0.270 e. The summed E-state index contributed by atoms with van der Waals surface area (Å²) in [5.41, 5.74) is 1.32. The minimum Gasteiger partial charge on any atom is -0.493 e. The maximum absolute atomic E-state index is 12.9. The molecule has 25 heavy (non-hydrogen) atoms. The number of carbonyl (C=O) groups excluding carboxylic acids is 1. The van der Waals surface area contributed by atoms with Crippen molar-refractivity contribution >= 4 is 16.8 Å². The van der Waals surface area contributed by atoms with Gasteiger partial charge < -0.3 is 19.4 Å². The predicted octanol–water partition coefficient (Wildman–Crippen LogP) is 1.37. The standard InChI is InChI=1S/C16H20N6O3/c1-3-25-14-6-4-5-12-11(14)9-13(17-12)16(23)22(7-8-24-2)10-15-18-20-21-19-15/h4-6,9,17H,3,7-8,10H2,1-2H3,(H,18,19,20,21). The summed E-state index contributed by atoms with van der Waals surface area (Å²) < 4.78 is 10.7. The zero-order chi connectivity index (χ0) is 17.6. The largest absolute Gasteiger partial charge is 0.493 e. The Morgan fingerprint density at radius 2 is 2.24 bits per heavy atom. The van der Waals surface area contributed by atoms with Gasteiger partial charge in [0.15, 0.2) is 5.82 Å². The first-order valence-electron chi connectivity index (χ1n) is 7.98. The van der Waals surface area contributed by atoms with Gasteiger partial charge in [0.05, 0.1) is 19.8 Å². The maximum atomic E-state index is 12.9. The van der Waals surface area contributed by atoms with Crippen LogP contribution in [0.1, 0.15) is 23.2 Å². The van der Waals surface area contributed by atoms with Gasteiger partial charge in [0.25, 0.3) is 5.91 Å². The Balaban J connectivity index is 1.87. The van der Waals surface area contributed by atoms with Crippen LogP contribution >= 0.6 is 0 Å². The first-order chi connectivity index (χ1) is 12.2. The second-order valence-corrected chi connectivity index (χ2v) is 5.38. The third kappa shape index (κ3) is 3.77. The first kappa shape index (κ1) is 16.9. The molecule has 0 fully saturated rings. The van der Waals surface area contributed by atoms with E-state index in [2.05, 4.69) is 25.6 Å². The fourth-order valence-electron chi connectivity index (χ4n) is 2.57. The lowest BCUT2D eigenvalue weighted by atomic mass is 10.2. The van der Waals surface area contributed by atoms with E-state index in [0.29, 0.717) is 31.3 Å². The molecule has 0 atom stereocenters. The number of fused-ring (bicyclic) bond motifs is 1. The van der Waals surface area contributed by atoms with E-state index >= 15 is 0 Å². The molecule has 0 aliphatic carbocycles. The molecule has 3 rings (SSSR count). The number of methoxy groups -OCH3 is 1. The monoisotopic (exact) mass is 344 g/mol. The van der Waals surface area contributed by atoms with Gasteiger partial charge in [0, 0.05) is 24.6 Å². The van der Waals surface area contributed by atoms with Gasteiger partial charge in [-0.2, -0.15) is 5.21 Å². The van der Waals surface area contributed by atoms with E-state index in [1.807, 2.05) is 25.1 Å². The van der Waals surface area contributed by atoms with Gasteiger partial charge in [-0.05, 0) is 25.1 Å². The molecule has 2 heterocycles. The van der Waals surface area contributed by atoms with Gasteiger partial charge in [-0.3, -0.25) is 4.79 Å². The van der Waals surface area contributed by atoms with E-state index < -0.39 is 0 Å². The molecule has 0 aliphatic rings. The van der Waals surface area contributed by atoms with Crippen LogP contribution in [0.2, 0.25) is 0 Å². The van der Waals surface area contributed by atoms with E-state index in [1.54, 1.807) is 18.1 Å². The molecule has 2 N–H and O–H groups in total. The van der Waals surface area contributed by atoms with Crippen LogP contribution < -0.4 is 4.74 Å². The minimum absolute atomic E-state index is 0.166. The molecule has 1 aromatic carbocycles. The molecule has 2 aromatic heterocycles. The number of amides is 1. The molecule has 0 aliphatic heterocycles. The van der Waals surface area contributed by atoms with Crippen LogP contribution in [0.15, 0.2) is 24.3 Å². The van der Waals surface area contributed by atoms with E-state index in [9.17, 15) is 4.79 Å². The lowest BCUT2D eigenvalue weighted by molar-refractivity contribution is 0.0670. The number of hydrogen-bond acceptors (Lipinski definition) is 6. The van der Waals surface area contributed by atoms with Crippen LogP contribution in [-0.2, 0) is 11.3 Å². The normalized spacial score (nSPS) is 11.0. The number of H-pyrrole nitrogens is 2. The number of nitrogens with one attached hydrogen (secondary N) is 2. The van der Waals surface area contributed by atoms with Crippen molar-refractivity contribution in [2.45, 2.75) is 13.5 Å². The summed E-state index contributed by atoms with van der Waals surface area (Å²) in [5.74, 6) is 1.02. The quantitative estimate of drug-likeness (QED) is 0.639. The van der Waals surface area contributed by atoms with Gasteiger partial charge in [-0.15, -0.1) is 10.2 Å². The number of ether oxygens (including phenoxy) is 2. The Labute approximate surface area is 144 Å². The van der Waals surface area contributed by atoms with E-state index in [0.717, 1.165) is 16.7 Å². The summed E-state index contributed by atoms with van der Waals surface area (Å²) >= 11 is 0. The highest BCUT2D eigenvalue weighted by Crippen LogP contribution is 2.27. The molecule has 0 bridgehead atoms. The zero-order valence-electron chi connectivity index (χ0n) is 14.2. The van der Waals surface area contributed by atoms with Crippen LogP contribution in [0.4, 0.5) is 0 Å². The number of nitrogens with zero attached hydrogens (tertiary/aromatic N) is 4. The molecule has 0 unspecified atom stereocenters. The van der Waals surface area contributed by atoms with Gasteiger partial charge in [-0.1, -0.05) is 11.3 Å². The van der Waals surface area contributed by atoms with Gasteiger partial charge in [-0.25, -0.2) is 0 Å². The number of hydrogen-bond donors (Lipinski definition) is 2. The van der Waals surface area contributed by atoms with Crippen molar-refractivity contribution in [3.63, 3.8) is 0 Å². The molecule has 1 amide bonds. The van der Waals surface area contributed by atoms with Crippen molar-refractivity contribution in [1.82, 2.24) is 30.5 Å². The summed E-state index contributed by atoms with van der Waals surface area (Å²) in [6.45, 7) is 3.55. The lowest BCUT2D eigenvalue weighted by Crippen LogP contribution is -2.34. The summed E-state index contributed by atoms with van der Waals surface area (Å²) in [7, 11) is 1.59. The molecule has 0 saturated carbocycles. The number of tetrazole rings is 1. The molecule has 0 saturated heterocycles. The third-order valence-electron chi connectivity index (χ3n) is 3.73. The van der Waals surface area contributed by atoms with Crippen molar-refractivity contribution in [2.24, 2.45) is 0 Å². The van der Waals surface area contributed by atoms with E-state index in [-0.39, 0.29) is 12.5 Å². The zero-order valence-corrected chi connectivity index (χ0v) is 14.2. The van der Waals surface area contributed by atoms with Crippen molar-refractivity contribution < 1.29 is 14.3 Å². The summed E-state index contributed by atoms with van der Waals surface area (Å²) in [4.78, 5) is 17.7. The van der Waals surface area contributed by atoms with Crippen LogP contribution in [-0.4, -0.2) is 63.3 Å². The van der Waals surface area contributed by atoms with Crippen molar-refractivity contribution in [2.75, 3.05) is 26.9 Å². The molecule has 0 spiro atoms. The third-order valence-corrected chi connectivity index (χ3v) is 3.73. The van der Waals surface area contributed by atoms with Gasteiger partial charge in [0.2, 0.25) is 0 Å². The number of benzene rings is 1. The maximum Gasteiger partial charge on any atom is 0.270 e. The van der Waals surface area contributed by atoms with Crippen LogP contribution in [0.5, 0.6) is 5.75 Å². The second kappa shape index (κ2) is 7.75. The second-order valence-electron chi connectivity index (χ2n) is 5.38. The van der Waals surface area contributed by atoms with Gasteiger partial charge in [0.1, 0.15) is 11.4 Å².